The summed E-state index contributed by atoms with van der Waals surface area (Å²) in [7, 11) is 0. The first-order valence-electron chi connectivity index (χ1n) is 10.6. The van der Waals surface area contributed by atoms with Crippen LogP contribution in [-0.2, 0) is 0 Å². The van der Waals surface area contributed by atoms with Crippen LogP contribution < -0.4 is 4.90 Å². The van der Waals surface area contributed by atoms with Crippen molar-refractivity contribution in [3.05, 3.63) is 58.7 Å². The van der Waals surface area contributed by atoms with Gasteiger partial charge in [0.15, 0.2) is 0 Å². The fraction of sp³-hybridized carbons (Fsp3) is 0.480. The Bertz CT molecular complexity index is 910. The highest BCUT2D eigenvalue weighted by molar-refractivity contribution is 8.11. The molecular formula is C25H32N2OS2. The SMILES string of the molecule is C=C1CCC(C)(C)CC/C(C(=C)O)=C(/c2cc(C#N)ccc2N2CCCC2CS)S1. The van der Waals surface area contributed by atoms with E-state index in [1.165, 1.54) is 0 Å². The van der Waals surface area contributed by atoms with Gasteiger partial charge in [-0.2, -0.15) is 17.9 Å². The highest BCUT2D eigenvalue weighted by Gasteiger charge is 2.29. The summed E-state index contributed by atoms with van der Waals surface area (Å²) in [4.78, 5) is 4.48. The minimum absolute atomic E-state index is 0.114. The van der Waals surface area contributed by atoms with Crippen molar-refractivity contribution in [3.8, 4) is 6.07 Å². The Balaban J connectivity index is 2.20. The first-order valence-corrected chi connectivity index (χ1v) is 12.1. The molecule has 1 saturated heterocycles. The monoisotopic (exact) mass is 440 g/mol. The molecule has 2 heterocycles. The van der Waals surface area contributed by atoms with Crippen molar-refractivity contribution in [2.45, 2.75) is 58.4 Å². The number of hydrogen-bond acceptors (Lipinski definition) is 5. The number of hydrogen-bond donors (Lipinski definition) is 2. The van der Waals surface area contributed by atoms with E-state index in [2.05, 4.69) is 56.7 Å². The molecule has 1 N–H and O–H groups in total. The van der Waals surface area contributed by atoms with E-state index >= 15 is 0 Å². The molecule has 0 aliphatic carbocycles. The number of nitriles is 1. The largest absolute Gasteiger partial charge is 0.508 e. The molecule has 3 nitrogen and oxygen atoms in total. The molecule has 0 saturated carbocycles. The molecule has 1 fully saturated rings. The zero-order valence-electron chi connectivity index (χ0n) is 18.1. The van der Waals surface area contributed by atoms with Crippen molar-refractivity contribution >= 4 is 35.0 Å². The molecule has 1 aromatic rings. The van der Waals surface area contributed by atoms with Crippen LogP contribution in [0.1, 0.15) is 63.5 Å². The molecule has 30 heavy (non-hydrogen) atoms. The van der Waals surface area contributed by atoms with Gasteiger partial charge in [-0.15, -0.1) is 0 Å². The van der Waals surface area contributed by atoms with Gasteiger partial charge in [0.2, 0.25) is 0 Å². The molecule has 3 rings (SSSR count). The molecule has 2 aliphatic rings. The van der Waals surface area contributed by atoms with Gasteiger partial charge in [-0.1, -0.05) is 38.8 Å². The highest BCUT2D eigenvalue weighted by atomic mass is 32.2. The molecule has 0 spiro atoms. The van der Waals surface area contributed by atoms with E-state index in [1.54, 1.807) is 11.8 Å². The van der Waals surface area contributed by atoms with E-state index < -0.39 is 0 Å². The molecule has 0 amide bonds. The third-order valence-electron chi connectivity index (χ3n) is 6.27. The molecule has 160 valence electrons. The molecule has 1 unspecified atom stereocenters. The lowest BCUT2D eigenvalue weighted by Crippen LogP contribution is -2.31. The Labute approximate surface area is 191 Å². The van der Waals surface area contributed by atoms with Crippen LogP contribution in [0.25, 0.3) is 4.91 Å². The Hall–Kier alpha value is -1.77. The zero-order chi connectivity index (χ0) is 21.9. The van der Waals surface area contributed by atoms with Crippen LogP contribution in [0.4, 0.5) is 5.69 Å². The first-order chi connectivity index (χ1) is 14.3. The smallest absolute Gasteiger partial charge is 0.112 e. The van der Waals surface area contributed by atoms with Crippen LogP contribution in [0.5, 0.6) is 0 Å². The lowest BCUT2D eigenvalue weighted by molar-refractivity contribution is 0.306. The third-order valence-corrected chi connectivity index (χ3v) is 7.85. The fourth-order valence-corrected chi connectivity index (χ4v) is 5.80. The highest BCUT2D eigenvalue weighted by Crippen LogP contribution is 2.48. The molecule has 1 atom stereocenters. The Morgan fingerprint density at radius 1 is 1.37 bits per heavy atom. The molecule has 5 heteroatoms. The summed E-state index contributed by atoms with van der Waals surface area (Å²) in [6, 6.07) is 8.57. The van der Waals surface area contributed by atoms with E-state index in [0.29, 0.717) is 11.6 Å². The Morgan fingerprint density at radius 3 is 2.77 bits per heavy atom. The summed E-state index contributed by atoms with van der Waals surface area (Å²) in [5.74, 6) is 0.912. The van der Waals surface area contributed by atoms with Crippen molar-refractivity contribution in [2.75, 3.05) is 17.2 Å². The zero-order valence-corrected chi connectivity index (χ0v) is 19.8. The average molecular weight is 441 g/mol. The van der Waals surface area contributed by atoms with Gasteiger partial charge >= 0.3 is 0 Å². The predicted molar refractivity (Wildman–Crippen MR) is 133 cm³/mol. The molecule has 0 bridgehead atoms. The van der Waals surface area contributed by atoms with Crippen molar-refractivity contribution in [1.82, 2.24) is 0 Å². The van der Waals surface area contributed by atoms with Crippen molar-refractivity contribution < 1.29 is 5.11 Å². The maximum Gasteiger partial charge on any atom is 0.112 e. The maximum atomic E-state index is 10.6. The second-order valence-corrected chi connectivity index (χ2v) is 10.6. The second-order valence-electron chi connectivity index (χ2n) is 9.08. The number of aliphatic hydroxyl groups excluding tert-OH is 1. The quantitative estimate of drug-likeness (QED) is 0.388. The summed E-state index contributed by atoms with van der Waals surface area (Å²) in [5.41, 5.74) is 3.77. The summed E-state index contributed by atoms with van der Waals surface area (Å²) < 4.78 is 0. The normalized spacial score (nSPS) is 24.7. The van der Waals surface area contributed by atoms with Crippen LogP contribution >= 0.6 is 24.4 Å². The van der Waals surface area contributed by atoms with E-state index in [-0.39, 0.29) is 11.2 Å². The Morgan fingerprint density at radius 2 is 2.10 bits per heavy atom. The first kappa shape index (κ1) is 22.9. The lowest BCUT2D eigenvalue weighted by atomic mass is 9.81. The molecule has 0 radical (unpaired) electrons. The summed E-state index contributed by atoms with van der Waals surface area (Å²) >= 11 is 6.21. The van der Waals surface area contributed by atoms with Crippen LogP contribution in [0.15, 0.2) is 47.6 Å². The summed E-state index contributed by atoms with van der Waals surface area (Å²) in [6.45, 7) is 13.7. The van der Waals surface area contributed by atoms with E-state index in [0.717, 1.165) is 77.5 Å². The minimum atomic E-state index is 0.114. The van der Waals surface area contributed by atoms with Gasteiger partial charge in [0.1, 0.15) is 5.76 Å². The predicted octanol–water partition coefficient (Wildman–Crippen LogP) is 7.09. The van der Waals surface area contributed by atoms with Gasteiger partial charge in [-0.25, -0.2) is 0 Å². The van der Waals surface area contributed by atoms with Crippen LogP contribution in [0, 0.1) is 16.7 Å². The van der Waals surface area contributed by atoms with Gasteiger partial charge in [-0.05, 0) is 67.0 Å². The van der Waals surface area contributed by atoms with Crippen LogP contribution in [-0.4, -0.2) is 23.4 Å². The van der Waals surface area contributed by atoms with E-state index in [4.69, 9.17) is 0 Å². The maximum absolute atomic E-state index is 10.6. The van der Waals surface area contributed by atoms with Gasteiger partial charge < -0.3 is 10.0 Å². The van der Waals surface area contributed by atoms with E-state index in [1.807, 2.05) is 12.1 Å². The van der Waals surface area contributed by atoms with Crippen LogP contribution in [0.3, 0.4) is 0 Å². The number of allylic oxidation sites excluding steroid dienone is 2. The lowest BCUT2D eigenvalue weighted by Gasteiger charge is -2.29. The fourth-order valence-electron chi connectivity index (χ4n) is 4.31. The molecule has 1 aromatic carbocycles. The topological polar surface area (TPSA) is 47.3 Å². The van der Waals surface area contributed by atoms with E-state index in [9.17, 15) is 10.4 Å². The number of nitrogens with zero attached hydrogens (tertiary/aromatic N) is 2. The van der Waals surface area contributed by atoms with Crippen molar-refractivity contribution in [2.24, 2.45) is 5.41 Å². The number of benzene rings is 1. The third kappa shape index (κ3) is 5.10. The second kappa shape index (κ2) is 9.58. The Kier molecular flexibility index (Phi) is 7.31. The van der Waals surface area contributed by atoms with Crippen LogP contribution in [0.2, 0.25) is 0 Å². The number of rotatable bonds is 4. The number of thioether (sulfide) groups is 1. The summed E-state index contributed by atoms with van der Waals surface area (Å²) in [6.07, 6.45) is 5.98. The number of thiol groups is 1. The standard InChI is InChI=1S/C25H32N2OS2/c1-17-9-11-25(3,4)12-10-21(18(2)28)24(30-17)22-14-19(15-26)7-8-23(22)27-13-5-6-20(27)16-29/h7-8,14,20,28-29H,1-2,5-6,9-13,16H2,3-4H3/b24-21+. The van der Waals surface area contributed by atoms with Gasteiger partial charge in [0, 0.05) is 40.1 Å². The molecular weight excluding hydrogens is 408 g/mol. The minimum Gasteiger partial charge on any atom is -0.508 e. The number of aliphatic hydroxyl groups is 1. The summed E-state index contributed by atoms with van der Waals surface area (Å²) in [5, 5.41) is 20.1. The molecule has 0 aromatic heterocycles. The van der Waals surface area contributed by atoms with Gasteiger partial charge in [-0.3, -0.25) is 0 Å². The van der Waals surface area contributed by atoms with Gasteiger partial charge in [0.25, 0.3) is 0 Å². The molecule has 2 aliphatic heterocycles. The van der Waals surface area contributed by atoms with Crippen molar-refractivity contribution in [1.29, 1.82) is 5.26 Å². The average Bonchev–Trinajstić information content (AvgIpc) is 3.20. The number of anilines is 1. The van der Waals surface area contributed by atoms with Crippen molar-refractivity contribution in [3.63, 3.8) is 0 Å². The van der Waals surface area contributed by atoms with Gasteiger partial charge in [0.05, 0.1) is 11.6 Å².